The van der Waals surface area contributed by atoms with Gasteiger partial charge in [0.25, 0.3) is 0 Å². The fraction of sp³-hybridized carbons (Fsp3) is 0.600. The highest BCUT2D eigenvalue weighted by atomic mass is 16.3. The number of hydrogen-bond acceptors (Lipinski definition) is 3. The Hall–Kier alpha value is -0.900. The highest BCUT2D eigenvalue weighted by Gasteiger charge is 2.19. The minimum Gasteiger partial charge on any atom is -0.392 e. The molecule has 1 aromatic rings. The zero-order chi connectivity index (χ0) is 12.8. The zero-order valence-corrected chi connectivity index (χ0v) is 11.0. The fourth-order valence-electron chi connectivity index (χ4n) is 2.77. The zero-order valence-electron chi connectivity index (χ0n) is 11.0. The first-order valence-corrected chi connectivity index (χ1v) is 6.93. The molecule has 3 heteroatoms. The van der Waals surface area contributed by atoms with Gasteiger partial charge in [0.15, 0.2) is 0 Å². The van der Waals surface area contributed by atoms with Crippen LogP contribution in [0.5, 0.6) is 0 Å². The summed E-state index contributed by atoms with van der Waals surface area (Å²) >= 11 is 0. The largest absolute Gasteiger partial charge is 0.392 e. The summed E-state index contributed by atoms with van der Waals surface area (Å²) in [7, 11) is 0. The highest BCUT2D eigenvalue weighted by molar-refractivity contribution is 5.21. The number of aliphatic hydroxyl groups excluding tert-OH is 1. The van der Waals surface area contributed by atoms with E-state index in [2.05, 4.69) is 17.0 Å². The number of likely N-dealkylation sites (tertiary alicyclic amines) is 1. The minimum absolute atomic E-state index is 0.128. The summed E-state index contributed by atoms with van der Waals surface area (Å²) in [6.45, 7) is 4.33. The summed E-state index contributed by atoms with van der Waals surface area (Å²) in [5.41, 5.74) is 7.97. The monoisotopic (exact) mass is 248 g/mol. The van der Waals surface area contributed by atoms with E-state index in [-0.39, 0.29) is 6.61 Å². The predicted molar refractivity (Wildman–Crippen MR) is 74.0 cm³/mol. The lowest BCUT2D eigenvalue weighted by atomic mass is 9.94. The molecule has 1 aliphatic heterocycles. The van der Waals surface area contributed by atoms with Crippen molar-refractivity contribution in [2.45, 2.75) is 32.4 Å². The van der Waals surface area contributed by atoms with Crippen LogP contribution in [0.25, 0.3) is 0 Å². The smallest absolute Gasteiger partial charge is 0.0681 e. The Morgan fingerprint density at radius 3 is 2.61 bits per heavy atom. The quantitative estimate of drug-likeness (QED) is 0.834. The Balaban J connectivity index is 1.87. The molecule has 2 rings (SSSR count). The molecule has 1 aromatic carbocycles. The summed E-state index contributed by atoms with van der Waals surface area (Å²) in [4.78, 5) is 2.53. The van der Waals surface area contributed by atoms with Gasteiger partial charge in [-0.15, -0.1) is 0 Å². The van der Waals surface area contributed by atoms with E-state index >= 15 is 0 Å². The van der Waals surface area contributed by atoms with Gasteiger partial charge in [-0.05, 0) is 49.4 Å². The Morgan fingerprint density at radius 2 is 1.94 bits per heavy atom. The molecule has 0 aliphatic carbocycles. The molecule has 0 spiro atoms. The normalized spacial score (nSPS) is 21.1. The average Bonchev–Trinajstić information content (AvgIpc) is 2.40. The third-order valence-corrected chi connectivity index (χ3v) is 3.79. The maximum Gasteiger partial charge on any atom is 0.0681 e. The van der Waals surface area contributed by atoms with Crippen molar-refractivity contribution >= 4 is 0 Å². The molecule has 3 nitrogen and oxygen atoms in total. The second-order valence-electron chi connectivity index (χ2n) is 5.30. The predicted octanol–water partition coefficient (Wildman–Crippen LogP) is 1.74. The van der Waals surface area contributed by atoms with Crippen LogP contribution in [0.4, 0.5) is 0 Å². The van der Waals surface area contributed by atoms with Crippen molar-refractivity contribution in [1.82, 2.24) is 4.90 Å². The molecule has 18 heavy (non-hydrogen) atoms. The van der Waals surface area contributed by atoms with E-state index in [1.165, 1.54) is 31.5 Å². The average molecular weight is 248 g/mol. The lowest BCUT2D eigenvalue weighted by molar-refractivity contribution is 0.163. The number of piperidine rings is 1. The first-order valence-electron chi connectivity index (χ1n) is 6.93. The first-order chi connectivity index (χ1) is 8.81. The molecule has 0 amide bonds. The van der Waals surface area contributed by atoms with Crippen LogP contribution in [0.3, 0.4) is 0 Å². The molecule has 0 radical (unpaired) electrons. The molecule has 1 aliphatic rings. The van der Waals surface area contributed by atoms with Gasteiger partial charge in [0.05, 0.1) is 6.61 Å². The van der Waals surface area contributed by atoms with E-state index in [0.717, 1.165) is 31.0 Å². The van der Waals surface area contributed by atoms with Gasteiger partial charge in [-0.3, -0.25) is 4.90 Å². The molecule has 0 bridgehead atoms. The van der Waals surface area contributed by atoms with Crippen LogP contribution >= 0.6 is 0 Å². The Morgan fingerprint density at radius 1 is 1.22 bits per heavy atom. The van der Waals surface area contributed by atoms with Gasteiger partial charge in [-0.25, -0.2) is 0 Å². The molecule has 1 unspecified atom stereocenters. The van der Waals surface area contributed by atoms with E-state index in [1.807, 2.05) is 12.1 Å². The highest BCUT2D eigenvalue weighted by Crippen LogP contribution is 2.20. The maximum atomic E-state index is 9.02. The summed E-state index contributed by atoms with van der Waals surface area (Å²) in [5.74, 6) is 0.778. The lowest BCUT2D eigenvalue weighted by Crippen LogP contribution is -2.35. The minimum atomic E-state index is 0.128. The molecule has 1 fully saturated rings. The van der Waals surface area contributed by atoms with Gasteiger partial charge in [-0.2, -0.15) is 0 Å². The standard InChI is InChI=1S/C15H24N2O/c16-8-7-13-2-1-9-17(10-13)11-14-3-5-15(12-18)6-4-14/h3-6,13,18H,1-2,7-12,16H2. The molecular weight excluding hydrogens is 224 g/mol. The third kappa shape index (κ3) is 3.80. The molecule has 1 heterocycles. The van der Waals surface area contributed by atoms with Gasteiger partial charge in [0, 0.05) is 13.1 Å². The molecular formula is C15H24N2O. The molecule has 1 saturated heterocycles. The van der Waals surface area contributed by atoms with Crippen LogP contribution in [0, 0.1) is 5.92 Å². The van der Waals surface area contributed by atoms with Crippen LogP contribution in [0.2, 0.25) is 0 Å². The van der Waals surface area contributed by atoms with Gasteiger partial charge >= 0.3 is 0 Å². The van der Waals surface area contributed by atoms with Crippen molar-refractivity contribution in [3.8, 4) is 0 Å². The van der Waals surface area contributed by atoms with E-state index < -0.39 is 0 Å². The van der Waals surface area contributed by atoms with Crippen molar-refractivity contribution in [3.63, 3.8) is 0 Å². The van der Waals surface area contributed by atoms with Crippen LogP contribution in [0.15, 0.2) is 24.3 Å². The summed E-state index contributed by atoms with van der Waals surface area (Å²) in [5, 5.41) is 9.02. The van der Waals surface area contributed by atoms with E-state index in [0.29, 0.717) is 0 Å². The molecule has 3 N–H and O–H groups in total. The number of hydrogen-bond donors (Lipinski definition) is 2. The second-order valence-corrected chi connectivity index (χ2v) is 5.30. The molecule has 0 aromatic heterocycles. The SMILES string of the molecule is NCCC1CCCN(Cc2ccc(CO)cc2)C1. The van der Waals surface area contributed by atoms with Gasteiger partial charge in [0.2, 0.25) is 0 Å². The van der Waals surface area contributed by atoms with Crippen molar-refractivity contribution < 1.29 is 5.11 Å². The third-order valence-electron chi connectivity index (χ3n) is 3.79. The van der Waals surface area contributed by atoms with E-state index in [1.54, 1.807) is 0 Å². The number of aliphatic hydroxyl groups is 1. The van der Waals surface area contributed by atoms with Crippen LogP contribution < -0.4 is 5.73 Å². The van der Waals surface area contributed by atoms with Crippen molar-refractivity contribution in [2.24, 2.45) is 11.7 Å². The van der Waals surface area contributed by atoms with E-state index in [4.69, 9.17) is 10.8 Å². The number of benzene rings is 1. The molecule has 1 atom stereocenters. The molecule has 0 saturated carbocycles. The lowest BCUT2D eigenvalue weighted by Gasteiger charge is -2.32. The number of rotatable bonds is 5. The summed E-state index contributed by atoms with van der Waals surface area (Å²) < 4.78 is 0. The Kier molecular flexibility index (Phi) is 5.17. The second kappa shape index (κ2) is 6.88. The van der Waals surface area contributed by atoms with Crippen LogP contribution in [-0.2, 0) is 13.2 Å². The van der Waals surface area contributed by atoms with Crippen molar-refractivity contribution in [1.29, 1.82) is 0 Å². The Labute approximate surface area is 110 Å². The maximum absolute atomic E-state index is 9.02. The summed E-state index contributed by atoms with van der Waals surface area (Å²) in [6, 6.07) is 8.27. The van der Waals surface area contributed by atoms with Crippen molar-refractivity contribution in [2.75, 3.05) is 19.6 Å². The van der Waals surface area contributed by atoms with Crippen LogP contribution in [-0.4, -0.2) is 29.6 Å². The summed E-state index contributed by atoms with van der Waals surface area (Å²) in [6.07, 6.45) is 3.77. The first kappa shape index (κ1) is 13.5. The number of nitrogens with zero attached hydrogens (tertiary/aromatic N) is 1. The van der Waals surface area contributed by atoms with Gasteiger partial charge in [-0.1, -0.05) is 24.3 Å². The van der Waals surface area contributed by atoms with E-state index in [9.17, 15) is 0 Å². The van der Waals surface area contributed by atoms with Crippen molar-refractivity contribution in [3.05, 3.63) is 35.4 Å². The van der Waals surface area contributed by atoms with Gasteiger partial charge < -0.3 is 10.8 Å². The Bertz CT molecular complexity index is 348. The van der Waals surface area contributed by atoms with Gasteiger partial charge in [0.1, 0.15) is 0 Å². The molecule has 100 valence electrons. The van der Waals surface area contributed by atoms with Crippen LogP contribution in [0.1, 0.15) is 30.4 Å². The topological polar surface area (TPSA) is 49.5 Å². The fourth-order valence-corrected chi connectivity index (χ4v) is 2.77. The number of nitrogens with two attached hydrogens (primary N) is 1.